The summed E-state index contributed by atoms with van der Waals surface area (Å²) in [5.74, 6) is -1.66. The minimum atomic E-state index is -0.774. The molecule has 5 rings (SSSR count). The second-order valence-corrected chi connectivity index (χ2v) is 8.76. The number of fused-ring (bicyclic) bond motifs is 2. The van der Waals surface area contributed by atoms with Gasteiger partial charge in [0.15, 0.2) is 0 Å². The van der Waals surface area contributed by atoms with Crippen molar-refractivity contribution in [1.29, 1.82) is 0 Å². The Balaban J connectivity index is 1.55. The van der Waals surface area contributed by atoms with Crippen LogP contribution >= 0.6 is 0 Å². The van der Waals surface area contributed by atoms with Crippen LogP contribution in [0.4, 0.5) is 8.78 Å². The molecule has 3 heterocycles. The normalized spacial score (nSPS) is 14.9. The summed E-state index contributed by atoms with van der Waals surface area (Å²) < 4.78 is 32.1. The lowest BCUT2D eigenvalue weighted by Crippen LogP contribution is -2.45. The molecule has 2 aromatic carbocycles. The van der Waals surface area contributed by atoms with Crippen molar-refractivity contribution in [3.05, 3.63) is 82.8 Å². The van der Waals surface area contributed by atoms with Crippen molar-refractivity contribution in [3.63, 3.8) is 0 Å². The van der Waals surface area contributed by atoms with E-state index in [1.54, 1.807) is 23.0 Å². The van der Waals surface area contributed by atoms with Crippen molar-refractivity contribution in [3.8, 4) is 11.1 Å². The predicted molar refractivity (Wildman–Crippen MR) is 124 cm³/mol. The van der Waals surface area contributed by atoms with E-state index in [4.69, 9.17) is 0 Å². The van der Waals surface area contributed by atoms with Crippen LogP contribution in [0.3, 0.4) is 0 Å². The van der Waals surface area contributed by atoms with Gasteiger partial charge in [-0.25, -0.2) is 8.78 Å². The van der Waals surface area contributed by atoms with E-state index in [0.717, 1.165) is 16.5 Å². The first-order chi connectivity index (χ1) is 15.2. The molecule has 1 amide bonds. The SMILES string of the molecule is BC1(B)c2ncccc2C(=O)N1Cc1c(F)cc(-c2ccc(C)c3nn(C)cc23)cc1F. The molecule has 0 saturated carbocycles. The molecule has 9 heteroatoms. The molecular weight excluding hydrogens is 408 g/mol. The largest absolute Gasteiger partial charge is 0.339 e. The number of amides is 1. The number of pyridine rings is 1. The second-order valence-electron chi connectivity index (χ2n) is 8.76. The summed E-state index contributed by atoms with van der Waals surface area (Å²) in [6.07, 6.45) is 3.46. The molecule has 2 aromatic heterocycles. The van der Waals surface area contributed by atoms with E-state index >= 15 is 8.78 Å². The third-order valence-corrected chi connectivity index (χ3v) is 6.30. The van der Waals surface area contributed by atoms with Crippen molar-refractivity contribution in [2.24, 2.45) is 7.05 Å². The molecule has 1 aliphatic rings. The zero-order valence-electron chi connectivity index (χ0n) is 18.3. The Morgan fingerprint density at radius 2 is 1.81 bits per heavy atom. The van der Waals surface area contributed by atoms with Gasteiger partial charge in [-0.15, -0.1) is 0 Å². The minimum Gasteiger partial charge on any atom is -0.339 e. The molecule has 5 nitrogen and oxygen atoms in total. The molecule has 1 aliphatic heterocycles. The topological polar surface area (TPSA) is 51.0 Å². The van der Waals surface area contributed by atoms with Gasteiger partial charge in [-0.2, -0.15) is 5.10 Å². The Labute approximate surface area is 185 Å². The van der Waals surface area contributed by atoms with Crippen LogP contribution < -0.4 is 0 Å². The molecule has 4 aromatic rings. The molecule has 0 unspecified atom stereocenters. The lowest BCUT2D eigenvalue weighted by atomic mass is 9.59. The molecule has 0 spiro atoms. The first-order valence-electron chi connectivity index (χ1n) is 10.4. The van der Waals surface area contributed by atoms with Gasteiger partial charge in [-0.3, -0.25) is 14.5 Å². The lowest BCUT2D eigenvalue weighted by Gasteiger charge is -2.32. The van der Waals surface area contributed by atoms with Crippen LogP contribution in [0.2, 0.25) is 0 Å². The molecule has 0 bridgehead atoms. The van der Waals surface area contributed by atoms with E-state index in [1.165, 1.54) is 17.0 Å². The number of hydrogen-bond donors (Lipinski definition) is 0. The molecular formula is C23H20B2F2N4O. The van der Waals surface area contributed by atoms with Crippen molar-refractivity contribution in [1.82, 2.24) is 19.7 Å². The summed E-state index contributed by atoms with van der Waals surface area (Å²) in [7, 11) is 5.48. The number of carbonyl (C=O) groups excluding carboxylic acids is 1. The molecule has 0 radical (unpaired) electrons. The standard InChI is InChI=1S/C23H20B2F2N4O/c1-12-5-6-14(16-10-30(2)29-20(12)16)13-8-18(26)17(19(27)9-13)11-31-22(32)15-4-3-7-28-21(15)23(31,24)25/h3-10H,11,24-25H2,1-2H3. The van der Waals surface area contributed by atoms with Crippen LogP contribution in [0.5, 0.6) is 0 Å². The van der Waals surface area contributed by atoms with E-state index in [-0.39, 0.29) is 18.0 Å². The molecule has 0 aliphatic carbocycles. The maximum Gasteiger partial charge on any atom is 0.255 e. The Morgan fingerprint density at radius 3 is 2.50 bits per heavy atom. The van der Waals surface area contributed by atoms with Crippen LogP contribution in [-0.2, 0) is 18.9 Å². The summed E-state index contributed by atoms with van der Waals surface area (Å²) in [6, 6.07) is 9.78. The van der Waals surface area contributed by atoms with Crippen molar-refractivity contribution < 1.29 is 13.6 Å². The fourth-order valence-electron chi connectivity index (χ4n) is 4.54. The molecule has 0 atom stereocenters. The number of carbonyl (C=O) groups is 1. The zero-order chi connectivity index (χ0) is 22.8. The Kier molecular flexibility index (Phi) is 4.48. The Bertz CT molecular complexity index is 1390. The smallest absolute Gasteiger partial charge is 0.255 e. The van der Waals surface area contributed by atoms with Gasteiger partial charge < -0.3 is 4.90 Å². The monoisotopic (exact) mass is 428 g/mol. The number of rotatable bonds is 3. The Morgan fingerprint density at radius 1 is 1.09 bits per heavy atom. The van der Waals surface area contributed by atoms with Gasteiger partial charge in [-0.1, -0.05) is 12.1 Å². The third-order valence-electron chi connectivity index (χ3n) is 6.30. The number of hydrogen-bond acceptors (Lipinski definition) is 3. The van der Waals surface area contributed by atoms with Gasteiger partial charge in [0.2, 0.25) is 0 Å². The van der Waals surface area contributed by atoms with Crippen LogP contribution in [0.15, 0.2) is 48.8 Å². The van der Waals surface area contributed by atoms with Crippen LogP contribution in [-0.4, -0.2) is 41.3 Å². The summed E-state index contributed by atoms with van der Waals surface area (Å²) >= 11 is 0. The fourth-order valence-corrected chi connectivity index (χ4v) is 4.54. The summed E-state index contributed by atoms with van der Waals surface area (Å²) in [5.41, 5.74) is 3.86. The van der Waals surface area contributed by atoms with E-state index in [9.17, 15) is 4.79 Å². The molecule has 0 fully saturated rings. The van der Waals surface area contributed by atoms with Crippen molar-refractivity contribution >= 4 is 32.5 Å². The van der Waals surface area contributed by atoms with Gasteiger partial charge in [0.05, 0.1) is 23.3 Å². The van der Waals surface area contributed by atoms with Gasteiger partial charge in [-0.05, 0) is 47.9 Å². The number of aromatic nitrogens is 3. The first kappa shape index (κ1) is 20.4. The Hall–Kier alpha value is -3.48. The quantitative estimate of drug-likeness (QED) is 0.471. The van der Waals surface area contributed by atoms with Gasteiger partial charge in [0, 0.05) is 35.7 Å². The lowest BCUT2D eigenvalue weighted by molar-refractivity contribution is 0.0727. The van der Waals surface area contributed by atoms with E-state index in [1.807, 2.05) is 48.0 Å². The average Bonchev–Trinajstić information content (AvgIpc) is 3.22. The zero-order valence-corrected chi connectivity index (χ0v) is 18.3. The molecule has 32 heavy (non-hydrogen) atoms. The van der Waals surface area contributed by atoms with E-state index in [2.05, 4.69) is 10.1 Å². The average molecular weight is 428 g/mol. The second kappa shape index (κ2) is 7.02. The highest BCUT2D eigenvalue weighted by Gasteiger charge is 2.44. The van der Waals surface area contributed by atoms with Crippen LogP contribution in [0.25, 0.3) is 22.0 Å². The highest BCUT2D eigenvalue weighted by Crippen LogP contribution is 2.36. The molecule has 0 N–H and O–H groups in total. The highest BCUT2D eigenvalue weighted by molar-refractivity contribution is 6.42. The molecule has 158 valence electrons. The third kappa shape index (κ3) is 2.95. The van der Waals surface area contributed by atoms with Gasteiger partial charge in [0.1, 0.15) is 27.3 Å². The van der Waals surface area contributed by atoms with Crippen LogP contribution in [0.1, 0.15) is 27.2 Å². The van der Waals surface area contributed by atoms with E-state index in [0.29, 0.717) is 22.4 Å². The molecule has 0 saturated heterocycles. The number of nitrogens with zero attached hydrogens (tertiary/aromatic N) is 4. The van der Waals surface area contributed by atoms with Gasteiger partial charge in [0.25, 0.3) is 5.91 Å². The summed E-state index contributed by atoms with van der Waals surface area (Å²) in [4.78, 5) is 18.7. The maximum atomic E-state index is 15.2. The maximum absolute atomic E-state index is 15.2. The number of halogens is 2. The predicted octanol–water partition coefficient (Wildman–Crippen LogP) is 2.25. The summed E-state index contributed by atoms with van der Waals surface area (Å²) in [5, 5.41) is 4.51. The number of aryl methyl sites for hydroxylation is 2. The number of benzene rings is 2. The van der Waals surface area contributed by atoms with Gasteiger partial charge >= 0.3 is 0 Å². The van der Waals surface area contributed by atoms with Crippen molar-refractivity contribution in [2.45, 2.75) is 18.8 Å². The summed E-state index contributed by atoms with van der Waals surface area (Å²) in [6.45, 7) is 1.77. The van der Waals surface area contributed by atoms with Crippen LogP contribution in [0, 0.1) is 18.6 Å². The minimum absolute atomic E-state index is 0.141. The highest BCUT2D eigenvalue weighted by atomic mass is 19.1. The van der Waals surface area contributed by atoms with Crippen molar-refractivity contribution in [2.75, 3.05) is 0 Å². The van der Waals surface area contributed by atoms with E-state index < -0.39 is 17.0 Å². The first-order valence-corrected chi connectivity index (χ1v) is 10.4. The fraction of sp³-hybridized carbons (Fsp3) is 0.174.